The number of carbonyl (C=O) groups is 1. The number of hydrogen-bond donors (Lipinski definition) is 2. The molecule has 0 radical (unpaired) electrons. The van der Waals surface area contributed by atoms with Crippen molar-refractivity contribution >= 4 is 41.7 Å². The van der Waals surface area contributed by atoms with Gasteiger partial charge >= 0.3 is 0 Å². The number of rotatable bonds is 5. The average Bonchev–Trinajstić information content (AvgIpc) is 2.64. The summed E-state index contributed by atoms with van der Waals surface area (Å²) in [5.74, 6) is -0.603. The van der Waals surface area contributed by atoms with Crippen LogP contribution in [-0.2, 0) is 24.7 Å². The van der Waals surface area contributed by atoms with Crippen LogP contribution in [0, 0.1) is 0 Å². The maximum absolute atomic E-state index is 12.6. The van der Waals surface area contributed by atoms with E-state index >= 15 is 0 Å². The highest BCUT2D eigenvalue weighted by Crippen LogP contribution is 2.31. The smallest absolute Gasteiger partial charge is 0.241 e. The minimum absolute atomic E-state index is 0.0458. The second kappa shape index (κ2) is 7.94. The zero-order chi connectivity index (χ0) is 20.5. The van der Waals surface area contributed by atoms with Crippen molar-refractivity contribution in [2.45, 2.75) is 35.2 Å². The van der Waals surface area contributed by atoms with Gasteiger partial charge in [-0.25, -0.2) is 16.8 Å². The van der Waals surface area contributed by atoms with E-state index in [4.69, 9.17) is 0 Å². The van der Waals surface area contributed by atoms with Crippen LogP contribution in [0.1, 0.15) is 24.9 Å². The first kappa shape index (κ1) is 21.0. The van der Waals surface area contributed by atoms with Gasteiger partial charge < -0.3 is 5.32 Å². The van der Waals surface area contributed by atoms with E-state index in [-0.39, 0.29) is 22.0 Å². The second-order valence-electron chi connectivity index (χ2n) is 6.50. The quantitative estimate of drug-likeness (QED) is 0.672. The predicted octanol–water partition coefficient (Wildman–Crippen LogP) is 2.15. The molecule has 0 spiro atoms. The first-order chi connectivity index (χ1) is 13.1. The minimum Gasteiger partial charge on any atom is -0.348 e. The predicted molar refractivity (Wildman–Crippen MR) is 108 cm³/mol. The molecule has 2 aromatic rings. The Morgan fingerprint density at radius 2 is 1.79 bits per heavy atom. The summed E-state index contributed by atoms with van der Waals surface area (Å²) in [7, 11) is -7.23. The van der Waals surface area contributed by atoms with Gasteiger partial charge in [-0.1, -0.05) is 34.1 Å². The number of halogens is 1. The van der Waals surface area contributed by atoms with Crippen LogP contribution in [-0.4, -0.2) is 34.5 Å². The van der Waals surface area contributed by atoms with Crippen LogP contribution in [0.3, 0.4) is 0 Å². The summed E-state index contributed by atoms with van der Waals surface area (Å²) in [6, 6.07) is 11.0. The van der Waals surface area contributed by atoms with E-state index in [1.807, 2.05) is 0 Å². The zero-order valence-electron chi connectivity index (χ0n) is 14.9. The third kappa shape index (κ3) is 4.45. The number of sulfone groups is 1. The topological polar surface area (TPSA) is 109 Å². The van der Waals surface area contributed by atoms with Crippen molar-refractivity contribution < 1.29 is 21.6 Å². The van der Waals surface area contributed by atoms with Gasteiger partial charge in [-0.15, -0.1) is 0 Å². The fourth-order valence-electron chi connectivity index (χ4n) is 3.00. The molecule has 150 valence electrons. The van der Waals surface area contributed by atoms with E-state index in [0.717, 1.165) is 4.47 Å². The molecule has 0 fully saturated rings. The van der Waals surface area contributed by atoms with Gasteiger partial charge in [-0.3, -0.25) is 4.79 Å². The van der Waals surface area contributed by atoms with E-state index in [0.29, 0.717) is 5.56 Å². The van der Waals surface area contributed by atoms with Crippen molar-refractivity contribution in [1.29, 1.82) is 0 Å². The van der Waals surface area contributed by atoms with Crippen molar-refractivity contribution in [2.75, 3.05) is 5.75 Å². The fraction of sp³-hybridized carbons (Fsp3) is 0.278. The highest BCUT2D eigenvalue weighted by atomic mass is 79.9. The molecule has 0 aliphatic carbocycles. The average molecular weight is 487 g/mol. The third-order valence-electron chi connectivity index (χ3n) is 4.47. The number of amides is 1. The standard InChI is InChI=1S/C18H19BrN2O5S2/c1-12(21-28(25,26)14-8-6-13(19)7-9-14)18(22)20-16-10-11-27(23,24)17-5-3-2-4-15(16)17/h2-9,12,16,21H,10-11H2,1H3,(H,20,22)/t12-,16+/m1/s1. The molecule has 1 amide bonds. The molecular weight excluding hydrogens is 468 g/mol. The number of benzene rings is 2. The zero-order valence-corrected chi connectivity index (χ0v) is 18.1. The van der Waals surface area contributed by atoms with Gasteiger partial charge in [0.25, 0.3) is 0 Å². The molecule has 7 nitrogen and oxygen atoms in total. The Morgan fingerprint density at radius 1 is 1.14 bits per heavy atom. The number of hydrogen-bond acceptors (Lipinski definition) is 5. The Balaban J connectivity index is 1.74. The maximum atomic E-state index is 12.6. The van der Waals surface area contributed by atoms with Gasteiger partial charge in [0.1, 0.15) is 0 Å². The summed E-state index contributed by atoms with van der Waals surface area (Å²) < 4.78 is 52.4. The van der Waals surface area contributed by atoms with Crippen LogP contribution >= 0.6 is 15.9 Å². The molecule has 1 aliphatic rings. The highest BCUT2D eigenvalue weighted by Gasteiger charge is 2.32. The lowest BCUT2D eigenvalue weighted by atomic mass is 10.0. The van der Waals surface area contributed by atoms with Crippen LogP contribution in [0.15, 0.2) is 62.8 Å². The monoisotopic (exact) mass is 486 g/mol. The van der Waals surface area contributed by atoms with Crippen molar-refractivity contribution in [2.24, 2.45) is 0 Å². The lowest BCUT2D eigenvalue weighted by molar-refractivity contribution is -0.123. The molecule has 10 heteroatoms. The van der Waals surface area contributed by atoms with Crippen LogP contribution in [0.2, 0.25) is 0 Å². The molecule has 0 aromatic heterocycles. The first-order valence-electron chi connectivity index (χ1n) is 8.50. The van der Waals surface area contributed by atoms with E-state index in [2.05, 4.69) is 26.0 Å². The fourth-order valence-corrected chi connectivity index (χ4v) is 6.09. The van der Waals surface area contributed by atoms with Gasteiger partial charge in [0, 0.05) is 4.47 Å². The van der Waals surface area contributed by atoms with Crippen molar-refractivity contribution in [3.05, 3.63) is 58.6 Å². The normalized spacial score (nSPS) is 19.4. The van der Waals surface area contributed by atoms with Crippen molar-refractivity contribution in [3.63, 3.8) is 0 Å². The van der Waals surface area contributed by atoms with Crippen LogP contribution in [0.25, 0.3) is 0 Å². The van der Waals surface area contributed by atoms with Crippen molar-refractivity contribution in [3.8, 4) is 0 Å². The molecule has 3 rings (SSSR count). The van der Waals surface area contributed by atoms with Gasteiger partial charge in [0.05, 0.1) is 27.6 Å². The highest BCUT2D eigenvalue weighted by molar-refractivity contribution is 9.10. The summed E-state index contributed by atoms with van der Waals surface area (Å²) in [6.07, 6.45) is 0.233. The molecule has 0 saturated heterocycles. The van der Waals surface area contributed by atoms with Gasteiger partial charge in [0.15, 0.2) is 9.84 Å². The number of carbonyl (C=O) groups excluding carboxylic acids is 1. The largest absolute Gasteiger partial charge is 0.348 e. The summed E-state index contributed by atoms with van der Waals surface area (Å²) >= 11 is 3.24. The van der Waals surface area contributed by atoms with E-state index < -0.39 is 37.9 Å². The number of nitrogens with one attached hydrogen (secondary N) is 2. The Kier molecular flexibility index (Phi) is 5.95. The Bertz CT molecular complexity index is 1100. The van der Waals surface area contributed by atoms with E-state index in [1.54, 1.807) is 30.3 Å². The van der Waals surface area contributed by atoms with Crippen LogP contribution < -0.4 is 10.0 Å². The van der Waals surface area contributed by atoms with Crippen LogP contribution in [0.5, 0.6) is 0 Å². The van der Waals surface area contributed by atoms with Gasteiger partial charge in [-0.05, 0) is 49.2 Å². The van der Waals surface area contributed by atoms with Crippen molar-refractivity contribution in [1.82, 2.24) is 10.0 Å². The molecule has 28 heavy (non-hydrogen) atoms. The summed E-state index contributed by atoms with van der Waals surface area (Å²) in [4.78, 5) is 12.8. The molecular formula is C18H19BrN2O5S2. The SMILES string of the molecule is C[C@@H](NS(=O)(=O)c1ccc(Br)cc1)C(=O)N[C@H]1CCS(=O)(=O)c2ccccc21. The third-order valence-corrected chi connectivity index (χ3v) is 8.37. The molecule has 2 N–H and O–H groups in total. The Hall–Kier alpha value is -1.75. The van der Waals surface area contributed by atoms with E-state index in [9.17, 15) is 21.6 Å². The molecule has 2 atom stereocenters. The van der Waals surface area contributed by atoms with Gasteiger partial charge in [0.2, 0.25) is 15.9 Å². The maximum Gasteiger partial charge on any atom is 0.241 e. The molecule has 0 unspecified atom stereocenters. The molecule has 1 aliphatic heterocycles. The molecule has 0 bridgehead atoms. The summed E-state index contributed by atoms with van der Waals surface area (Å²) in [6.45, 7) is 1.44. The Morgan fingerprint density at radius 3 is 2.46 bits per heavy atom. The first-order valence-corrected chi connectivity index (χ1v) is 12.4. The van der Waals surface area contributed by atoms with Crippen LogP contribution in [0.4, 0.5) is 0 Å². The minimum atomic E-state index is -3.87. The molecule has 2 aromatic carbocycles. The lowest BCUT2D eigenvalue weighted by Crippen LogP contribution is -2.46. The lowest BCUT2D eigenvalue weighted by Gasteiger charge is -2.27. The Labute approximate surface area is 172 Å². The molecule has 1 heterocycles. The number of fused-ring (bicyclic) bond motifs is 1. The van der Waals surface area contributed by atoms with Gasteiger partial charge in [-0.2, -0.15) is 4.72 Å². The number of sulfonamides is 1. The summed E-state index contributed by atoms with van der Waals surface area (Å²) in [5, 5.41) is 2.76. The second-order valence-corrected chi connectivity index (χ2v) is 11.2. The van der Waals surface area contributed by atoms with E-state index in [1.165, 1.54) is 25.1 Å². The molecule has 0 saturated carbocycles. The summed E-state index contributed by atoms with van der Waals surface area (Å²) in [5.41, 5.74) is 0.519.